The van der Waals surface area contributed by atoms with Crippen LogP contribution in [0.2, 0.25) is 0 Å². The SMILES string of the molecule is COc1cncc(OC)c1C(C)(C)C=O. The number of methoxy groups -OCH3 is 2. The van der Waals surface area contributed by atoms with Crippen molar-refractivity contribution < 1.29 is 14.3 Å². The van der Waals surface area contributed by atoms with Crippen LogP contribution in [0.3, 0.4) is 0 Å². The maximum atomic E-state index is 11.0. The molecule has 0 spiro atoms. The van der Waals surface area contributed by atoms with Crippen LogP contribution in [0.25, 0.3) is 0 Å². The molecule has 1 heterocycles. The van der Waals surface area contributed by atoms with E-state index in [1.807, 2.05) is 0 Å². The second kappa shape index (κ2) is 4.29. The number of carbonyl (C=O) groups is 1. The molecule has 15 heavy (non-hydrogen) atoms. The van der Waals surface area contributed by atoms with Gasteiger partial charge in [0.05, 0.1) is 37.6 Å². The van der Waals surface area contributed by atoms with Gasteiger partial charge in [0, 0.05) is 0 Å². The summed E-state index contributed by atoms with van der Waals surface area (Å²) in [4.78, 5) is 15.0. The molecule has 0 aliphatic carbocycles. The lowest BCUT2D eigenvalue weighted by Crippen LogP contribution is -2.21. The van der Waals surface area contributed by atoms with Crippen molar-refractivity contribution in [2.75, 3.05) is 14.2 Å². The minimum atomic E-state index is -0.653. The lowest BCUT2D eigenvalue weighted by molar-refractivity contribution is -0.111. The number of hydrogen-bond donors (Lipinski definition) is 0. The van der Waals surface area contributed by atoms with Gasteiger partial charge in [0.25, 0.3) is 0 Å². The zero-order chi connectivity index (χ0) is 11.5. The normalized spacial score (nSPS) is 10.9. The van der Waals surface area contributed by atoms with Crippen LogP contribution in [-0.2, 0) is 10.2 Å². The van der Waals surface area contributed by atoms with Gasteiger partial charge in [-0.3, -0.25) is 4.98 Å². The van der Waals surface area contributed by atoms with E-state index in [9.17, 15) is 4.79 Å². The van der Waals surface area contributed by atoms with Gasteiger partial charge in [0.15, 0.2) is 0 Å². The second-order valence-electron chi connectivity index (χ2n) is 3.76. The fourth-order valence-electron chi connectivity index (χ4n) is 1.43. The summed E-state index contributed by atoms with van der Waals surface area (Å²) in [6, 6.07) is 0. The van der Waals surface area contributed by atoms with Crippen molar-refractivity contribution in [1.82, 2.24) is 4.98 Å². The molecule has 0 unspecified atom stereocenters. The van der Waals surface area contributed by atoms with E-state index in [2.05, 4.69) is 4.98 Å². The van der Waals surface area contributed by atoms with E-state index in [-0.39, 0.29) is 0 Å². The summed E-state index contributed by atoms with van der Waals surface area (Å²) in [5.41, 5.74) is 0.0668. The number of rotatable bonds is 4. The summed E-state index contributed by atoms with van der Waals surface area (Å²) in [6.45, 7) is 3.61. The van der Waals surface area contributed by atoms with Gasteiger partial charge in [-0.1, -0.05) is 0 Å². The first-order valence-electron chi connectivity index (χ1n) is 4.59. The molecule has 0 aromatic carbocycles. The summed E-state index contributed by atoms with van der Waals surface area (Å²) in [5, 5.41) is 0. The van der Waals surface area contributed by atoms with Crippen LogP contribution in [0.15, 0.2) is 12.4 Å². The van der Waals surface area contributed by atoms with Crippen LogP contribution in [-0.4, -0.2) is 25.5 Å². The summed E-state index contributed by atoms with van der Waals surface area (Å²) in [6.07, 6.45) is 4.01. The lowest BCUT2D eigenvalue weighted by Gasteiger charge is -2.22. The molecule has 1 aromatic heterocycles. The zero-order valence-corrected chi connectivity index (χ0v) is 9.40. The number of hydrogen-bond acceptors (Lipinski definition) is 4. The number of carbonyl (C=O) groups excluding carboxylic acids is 1. The van der Waals surface area contributed by atoms with Crippen LogP contribution in [0.1, 0.15) is 19.4 Å². The number of aldehydes is 1. The Morgan fingerprint density at radius 3 is 2.00 bits per heavy atom. The molecule has 0 aliphatic rings. The minimum Gasteiger partial charge on any atom is -0.495 e. The quantitative estimate of drug-likeness (QED) is 0.706. The second-order valence-corrected chi connectivity index (χ2v) is 3.76. The van der Waals surface area contributed by atoms with Crippen LogP contribution in [0.4, 0.5) is 0 Å². The topological polar surface area (TPSA) is 48.4 Å². The van der Waals surface area contributed by atoms with Gasteiger partial charge in [-0.05, 0) is 13.8 Å². The number of ether oxygens (including phenoxy) is 2. The Labute approximate surface area is 89.2 Å². The zero-order valence-electron chi connectivity index (χ0n) is 9.40. The molecule has 0 N–H and O–H groups in total. The maximum Gasteiger partial charge on any atom is 0.145 e. The summed E-state index contributed by atoms with van der Waals surface area (Å²) >= 11 is 0. The van der Waals surface area contributed by atoms with E-state index in [0.717, 1.165) is 11.8 Å². The highest BCUT2D eigenvalue weighted by Gasteiger charge is 2.28. The Kier molecular flexibility index (Phi) is 3.29. The van der Waals surface area contributed by atoms with Gasteiger partial charge in [0.1, 0.15) is 17.8 Å². The van der Waals surface area contributed by atoms with Gasteiger partial charge in [-0.2, -0.15) is 0 Å². The molecule has 1 rings (SSSR count). The van der Waals surface area contributed by atoms with E-state index in [1.54, 1.807) is 40.5 Å². The van der Waals surface area contributed by atoms with E-state index in [4.69, 9.17) is 9.47 Å². The molecule has 0 aliphatic heterocycles. The average molecular weight is 209 g/mol. The Bertz CT molecular complexity index is 339. The molecule has 0 bridgehead atoms. The van der Waals surface area contributed by atoms with Crippen LogP contribution in [0, 0.1) is 0 Å². The summed E-state index contributed by atoms with van der Waals surface area (Å²) in [7, 11) is 3.08. The monoisotopic (exact) mass is 209 g/mol. The van der Waals surface area contributed by atoms with Crippen molar-refractivity contribution in [2.45, 2.75) is 19.3 Å². The summed E-state index contributed by atoms with van der Waals surface area (Å²) in [5.74, 6) is 1.12. The van der Waals surface area contributed by atoms with Crippen molar-refractivity contribution in [3.05, 3.63) is 18.0 Å². The first-order chi connectivity index (χ1) is 7.06. The summed E-state index contributed by atoms with van der Waals surface area (Å²) < 4.78 is 10.3. The molecule has 0 radical (unpaired) electrons. The van der Waals surface area contributed by atoms with Gasteiger partial charge < -0.3 is 14.3 Å². The van der Waals surface area contributed by atoms with Crippen LogP contribution >= 0.6 is 0 Å². The molecule has 82 valence electrons. The largest absolute Gasteiger partial charge is 0.495 e. The number of nitrogens with zero attached hydrogens (tertiary/aromatic N) is 1. The Balaban J connectivity index is 3.40. The fourth-order valence-corrected chi connectivity index (χ4v) is 1.43. The standard InChI is InChI=1S/C11H15NO3/c1-11(2,7-13)10-8(14-3)5-12-6-9(10)15-4/h5-7H,1-4H3. The van der Waals surface area contributed by atoms with Gasteiger partial charge in [-0.15, -0.1) is 0 Å². The Morgan fingerprint density at radius 1 is 1.20 bits per heavy atom. The third kappa shape index (κ3) is 2.09. The van der Waals surface area contributed by atoms with Gasteiger partial charge in [-0.25, -0.2) is 0 Å². The van der Waals surface area contributed by atoms with Gasteiger partial charge >= 0.3 is 0 Å². The highest BCUT2D eigenvalue weighted by atomic mass is 16.5. The lowest BCUT2D eigenvalue weighted by atomic mass is 9.85. The molecule has 0 fully saturated rings. The molecular formula is C11H15NO3. The highest BCUT2D eigenvalue weighted by molar-refractivity contribution is 5.71. The Hall–Kier alpha value is -1.58. The minimum absolute atomic E-state index is 0.562. The van der Waals surface area contributed by atoms with Crippen LogP contribution < -0.4 is 9.47 Å². The van der Waals surface area contributed by atoms with Crippen molar-refractivity contribution in [1.29, 1.82) is 0 Å². The highest BCUT2D eigenvalue weighted by Crippen LogP contribution is 2.36. The molecule has 0 saturated heterocycles. The fraction of sp³-hybridized carbons (Fsp3) is 0.455. The van der Waals surface area contributed by atoms with Crippen molar-refractivity contribution in [3.8, 4) is 11.5 Å². The third-order valence-electron chi connectivity index (χ3n) is 2.26. The first-order valence-corrected chi connectivity index (χ1v) is 4.59. The first kappa shape index (κ1) is 11.5. The number of pyridine rings is 1. The molecule has 4 heteroatoms. The maximum absolute atomic E-state index is 11.0. The molecule has 0 amide bonds. The third-order valence-corrected chi connectivity index (χ3v) is 2.26. The molecular weight excluding hydrogens is 194 g/mol. The number of aromatic nitrogens is 1. The molecule has 1 aromatic rings. The smallest absolute Gasteiger partial charge is 0.145 e. The average Bonchev–Trinajstić information content (AvgIpc) is 2.27. The van der Waals surface area contributed by atoms with Gasteiger partial charge in [0.2, 0.25) is 0 Å². The van der Waals surface area contributed by atoms with E-state index in [1.165, 1.54) is 0 Å². The molecule has 4 nitrogen and oxygen atoms in total. The predicted octanol–water partition coefficient (Wildman–Crippen LogP) is 1.58. The van der Waals surface area contributed by atoms with E-state index < -0.39 is 5.41 Å². The van der Waals surface area contributed by atoms with E-state index >= 15 is 0 Å². The van der Waals surface area contributed by atoms with Crippen molar-refractivity contribution in [3.63, 3.8) is 0 Å². The van der Waals surface area contributed by atoms with Crippen molar-refractivity contribution in [2.24, 2.45) is 0 Å². The molecule has 0 saturated carbocycles. The van der Waals surface area contributed by atoms with E-state index in [0.29, 0.717) is 11.5 Å². The Morgan fingerprint density at radius 2 is 1.67 bits per heavy atom. The predicted molar refractivity (Wildman–Crippen MR) is 56.4 cm³/mol. The van der Waals surface area contributed by atoms with Crippen molar-refractivity contribution >= 4 is 6.29 Å². The molecule has 0 atom stereocenters. The van der Waals surface area contributed by atoms with Crippen LogP contribution in [0.5, 0.6) is 11.5 Å².